The van der Waals surface area contributed by atoms with Gasteiger partial charge in [-0.05, 0) is 32.6 Å². The zero-order valence-corrected chi connectivity index (χ0v) is 14.4. The van der Waals surface area contributed by atoms with Gasteiger partial charge in [-0.25, -0.2) is 4.79 Å². The van der Waals surface area contributed by atoms with Crippen molar-refractivity contribution >= 4 is 6.03 Å². The van der Waals surface area contributed by atoms with Crippen LogP contribution < -0.4 is 5.32 Å². The predicted octanol–water partition coefficient (Wildman–Crippen LogP) is 1.85. The highest BCUT2D eigenvalue weighted by molar-refractivity contribution is 5.74. The van der Waals surface area contributed by atoms with E-state index >= 15 is 0 Å². The van der Waals surface area contributed by atoms with Crippen LogP contribution in [-0.4, -0.2) is 65.9 Å². The van der Waals surface area contributed by atoms with Gasteiger partial charge in [0.2, 0.25) is 0 Å². The molecule has 2 fully saturated rings. The van der Waals surface area contributed by atoms with Crippen molar-refractivity contribution in [3.05, 3.63) is 18.0 Å². The predicted molar refractivity (Wildman–Crippen MR) is 89.6 cm³/mol. The Labute approximate surface area is 143 Å². The minimum Gasteiger partial charge on any atom is -0.378 e. The maximum Gasteiger partial charge on any atom is 0.317 e. The third kappa shape index (κ3) is 4.95. The molecular weight excluding hydrogens is 308 g/mol. The van der Waals surface area contributed by atoms with Crippen LogP contribution in [0.2, 0.25) is 0 Å². The summed E-state index contributed by atoms with van der Waals surface area (Å²) in [5.41, 5.74) is 0.940. The summed E-state index contributed by atoms with van der Waals surface area (Å²) in [6, 6.07) is 2.13. The Morgan fingerprint density at radius 2 is 2.25 bits per heavy atom. The molecule has 2 atom stereocenters. The van der Waals surface area contributed by atoms with E-state index in [-0.39, 0.29) is 12.1 Å². The van der Waals surface area contributed by atoms with Crippen molar-refractivity contribution in [3.63, 3.8) is 0 Å². The molecule has 24 heavy (non-hydrogen) atoms. The second-order valence-corrected chi connectivity index (χ2v) is 6.82. The fourth-order valence-electron chi connectivity index (χ4n) is 3.34. The molecule has 0 saturated carbocycles. The van der Waals surface area contributed by atoms with Crippen molar-refractivity contribution in [1.29, 1.82) is 0 Å². The fraction of sp³-hybridized carbons (Fsp3) is 0.765. The summed E-state index contributed by atoms with van der Waals surface area (Å²) in [6.07, 6.45) is 6.33. The molecule has 3 rings (SSSR count). The van der Waals surface area contributed by atoms with Crippen molar-refractivity contribution in [2.75, 3.05) is 32.8 Å². The molecule has 0 aromatic carbocycles. The molecule has 7 nitrogen and oxygen atoms in total. The summed E-state index contributed by atoms with van der Waals surface area (Å²) in [4.78, 5) is 16.6. The van der Waals surface area contributed by atoms with Gasteiger partial charge in [0.05, 0.1) is 11.8 Å². The molecule has 0 bridgehead atoms. The lowest BCUT2D eigenvalue weighted by atomic mass is 10.1. The number of nitrogens with zero attached hydrogens (tertiary/aromatic N) is 3. The molecule has 1 aromatic rings. The molecule has 3 heterocycles. The summed E-state index contributed by atoms with van der Waals surface area (Å²) in [5, 5.41) is 7.06. The van der Waals surface area contributed by atoms with Gasteiger partial charge in [0.15, 0.2) is 0 Å². The van der Waals surface area contributed by atoms with Gasteiger partial charge in [-0.2, -0.15) is 0 Å². The molecule has 1 aromatic heterocycles. The first-order valence-electron chi connectivity index (χ1n) is 8.99. The van der Waals surface area contributed by atoms with E-state index in [2.05, 4.69) is 22.3 Å². The van der Waals surface area contributed by atoms with Crippen LogP contribution >= 0.6 is 0 Å². The Morgan fingerprint density at radius 3 is 2.92 bits per heavy atom. The number of hydrogen-bond donors (Lipinski definition) is 1. The number of carbonyl (C=O) groups is 1. The number of piperazine rings is 1. The molecule has 0 spiro atoms. The van der Waals surface area contributed by atoms with Crippen LogP contribution in [0, 0.1) is 0 Å². The molecule has 2 aliphatic heterocycles. The standard InChI is InChI=1S/C17H28N4O3/c1-14(4-5-16-3-2-11-23-16)18-17(22)21-9-7-20(8-10-21)13-15-6-12-24-19-15/h6,12,14,16H,2-5,7-11,13H2,1H3,(H,18,22)/t14-,16-/m1/s1. The van der Waals surface area contributed by atoms with E-state index in [0.29, 0.717) is 6.10 Å². The van der Waals surface area contributed by atoms with E-state index in [1.165, 1.54) is 6.42 Å². The summed E-state index contributed by atoms with van der Waals surface area (Å²) < 4.78 is 10.5. The van der Waals surface area contributed by atoms with E-state index in [9.17, 15) is 4.79 Å². The van der Waals surface area contributed by atoms with E-state index in [4.69, 9.17) is 9.26 Å². The van der Waals surface area contributed by atoms with Crippen molar-refractivity contribution in [2.24, 2.45) is 0 Å². The van der Waals surface area contributed by atoms with Crippen molar-refractivity contribution in [3.8, 4) is 0 Å². The van der Waals surface area contributed by atoms with Gasteiger partial charge in [-0.1, -0.05) is 5.16 Å². The van der Waals surface area contributed by atoms with Gasteiger partial charge in [0, 0.05) is 51.4 Å². The van der Waals surface area contributed by atoms with Crippen LogP contribution in [0.25, 0.3) is 0 Å². The monoisotopic (exact) mass is 336 g/mol. The number of urea groups is 1. The Morgan fingerprint density at radius 1 is 1.42 bits per heavy atom. The minimum absolute atomic E-state index is 0.0518. The average molecular weight is 336 g/mol. The Bertz CT molecular complexity index is 494. The number of hydrogen-bond acceptors (Lipinski definition) is 5. The summed E-state index contributed by atoms with van der Waals surface area (Å²) in [6.45, 7) is 6.99. The summed E-state index contributed by atoms with van der Waals surface area (Å²) in [5.74, 6) is 0. The van der Waals surface area contributed by atoms with E-state index in [1.54, 1.807) is 6.26 Å². The lowest BCUT2D eigenvalue weighted by Gasteiger charge is -2.34. The first-order valence-corrected chi connectivity index (χ1v) is 8.99. The lowest BCUT2D eigenvalue weighted by molar-refractivity contribution is 0.0992. The van der Waals surface area contributed by atoms with Crippen LogP contribution in [0.15, 0.2) is 16.9 Å². The number of carbonyl (C=O) groups excluding carboxylic acids is 1. The number of ether oxygens (including phenoxy) is 1. The van der Waals surface area contributed by atoms with Gasteiger partial charge >= 0.3 is 6.03 Å². The fourth-order valence-corrected chi connectivity index (χ4v) is 3.34. The van der Waals surface area contributed by atoms with Crippen LogP contribution in [0.4, 0.5) is 4.79 Å². The third-order valence-corrected chi connectivity index (χ3v) is 4.85. The van der Waals surface area contributed by atoms with Gasteiger partial charge in [-0.15, -0.1) is 0 Å². The summed E-state index contributed by atoms with van der Waals surface area (Å²) in [7, 11) is 0. The number of amides is 2. The quantitative estimate of drug-likeness (QED) is 0.858. The maximum absolute atomic E-state index is 12.4. The number of nitrogens with one attached hydrogen (secondary N) is 1. The first-order chi connectivity index (χ1) is 11.7. The molecule has 0 aliphatic carbocycles. The van der Waals surface area contributed by atoms with Crippen molar-refractivity contribution in [2.45, 2.75) is 51.3 Å². The molecule has 0 unspecified atom stereocenters. The Kier molecular flexibility index (Phi) is 6.09. The van der Waals surface area contributed by atoms with Crippen molar-refractivity contribution < 1.29 is 14.1 Å². The van der Waals surface area contributed by atoms with E-state index < -0.39 is 0 Å². The van der Waals surface area contributed by atoms with Gasteiger partial charge in [0.1, 0.15) is 6.26 Å². The first kappa shape index (κ1) is 17.2. The third-order valence-electron chi connectivity index (χ3n) is 4.85. The molecular formula is C17H28N4O3. The number of rotatable bonds is 6. The molecule has 2 aliphatic rings. The topological polar surface area (TPSA) is 70.8 Å². The van der Waals surface area contributed by atoms with Gasteiger partial charge in [0.25, 0.3) is 0 Å². The highest BCUT2D eigenvalue weighted by atomic mass is 16.5. The van der Waals surface area contributed by atoms with Gasteiger partial charge in [-0.3, -0.25) is 4.90 Å². The lowest BCUT2D eigenvalue weighted by Crippen LogP contribution is -2.52. The van der Waals surface area contributed by atoms with E-state index in [0.717, 1.165) is 64.3 Å². The van der Waals surface area contributed by atoms with Crippen LogP contribution in [-0.2, 0) is 11.3 Å². The highest BCUT2D eigenvalue weighted by Crippen LogP contribution is 2.17. The van der Waals surface area contributed by atoms with Crippen LogP contribution in [0.1, 0.15) is 38.3 Å². The Hall–Kier alpha value is -1.60. The smallest absolute Gasteiger partial charge is 0.317 e. The average Bonchev–Trinajstić information content (AvgIpc) is 3.27. The van der Waals surface area contributed by atoms with Crippen molar-refractivity contribution in [1.82, 2.24) is 20.3 Å². The molecule has 2 amide bonds. The Balaban J connectivity index is 1.33. The molecule has 7 heteroatoms. The SMILES string of the molecule is C[C@H](CC[C@H]1CCCO1)NC(=O)N1CCN(Cc2ccon2)CC1. The van der Waals surface area contributed by atoms with Crippen LogP contribution in [0.5, 0.6) is 0 Å². The molecule has 2 saturated heterocycles. The van der Waals surface area contributed by atoms with Crippen LogP contribution in [0.3, 0.4) is 0 Å². The highest BCUT2D eigenvalue weighted by Gasteiger charge is 2.23. The normalized spacial score (nSPS) is 23.4. The molecule has 1 N–H and O–H groups in total. The van der Waals surface area contributed by atoms with Gasteiger partial charge < -0.3 is 19.5 Å². The number of aromatic nitrogens is 1. The molecule has 0 radical (unpaired) electrons. The minimum atomic E-state index is 0.0518. The molecule has 134 valence electrons. The zero-order chi connectivity index (χ0) is 16.8. The van der Waals surface area contributed by atoms with E-state index in [1.807, 2.05) is 11.0 Å². The largest absolute Gasteiger partial charge is 0.378 e. The second-order valence-electron chi connectivity index (χ2n) is 6.82. The zero-order valence-electron chi connectivity index (χ0n) is 14.4. The summed E-state index contributed by atoms with van der Waals surface area (Å²) >= 11 is 0. The maximum atomic E-state index is 12.4. The second kappa shape index (κ2) is 8.48.